The summed E-state index contributed by atoms with van der Waals surface area (Å²) in [6, 6.07) is 0.328. The van der Waals surface area contributed by atoms with E-state index in [1.54, 1.807) is 0 Å². The Kier molecular flexibility index (Phi) is 6.13. The normalized spacial score (nSPS) is 25.0. The molecule has 2 aliphatic heterocycles. The Labute approximate surface area is 172 Å². The van der Waals surface area contributed by atoms with Gasteiger partial charge in [0.05, 0.1) is 6.42 Å². The van der Waals surface area contributed by atoms with Gasteiger partial charge in [-0.25, -0.2) is 9.97 Å². The van der Waals surface area contributed by atoms with Gasteiger partial charge in [0.15, 0.2) is 0 Å². The van der Waals surface area contributed by atoms with Crippen molar-refractivity contribution in [2.24, 2.45) is 0 Å². The van der Waals surface area contributed by atoms with Gasteiger partial charge in [-0.15, -0.1) is 0 Å². The Balaban J connectivity index is 1.39. The number of likely N-dealkylation sites (tertiary alicyclic amines) is 1. The van der Waals surface area contributed by atoms with Crippen molar-refractivity contribution >= 4 is 11.8 Å². The van der Waals surface area contributed by atoms with Crippen LogP contribution in [0.5, 0.6) is 0 Å². The third kappa shape index (κ3) is 4.60. The van der Waals surface area contributed by atoms with Crippen molar-refractivity contribution in [1.82, 2.24) is 20.2 Å². The maximum Gasteiger partial charge on any atom is 0.251 e. The molecule has 0 aromatic carbocycles. The van der Waals surface area contributed by atoms with Gasteiger partial charge in [0.1, 0.15) is 11.9 Å². The predicted octanol–water partition coefficient (Wildman–Crippen LogP) is 2.19. The summed E-state index contributed by atoms with van der Waals surface area (Å²) in [5.41, 5.74) is 2.67. The number of aryl methyl sites for hydroxylation is 2. The van der Waals surface area contributed by atoms with Crippen LogP contribution in [0.4, 0.5) is 0 Å². The van der Waals surface area contributed by atoms with E-state index in [1.807, 2.05) is 18.7 Å². The molecule has 1 saturated carbocycles. The van der Waals surface area contributed by atoms with E-state index in [9.17, 15) is 9.59 Å². The fourth-order valence-corrected chi connectivity index (χ4v) is 4.86. The van der Waals surface area contributed by atoms with Crippen molar-refractivity contribution in [2.75, 3.05) is 19.7 Å². The van der Waals surface area contributed by atoms with Gasteiger partial charge < -0.3 is 15.0 Å². The van der Waals surface area contributed by atoms with Crippen molar-refractivity contribution in [1.29, 1.82) is 0 Å². The Hall–Kier alpha value is -2.02. The van der Waals surface area contributed by atoms with E-state index in [0.717, 1.165) is 61.4 Å². The molecule has 3 heterocycles. The molecule has 3 fully saturated rings. The lowest BCUT2D eigenvalue weighted by molar-refractivity contribution is -0.139. The summed E-state index contributed by atoms with van der Waals surface area (Å²) in [6.45, 7) is 5.99. The number of amides is 2. The van der Waals surface area contributed by atoms with Crippen LogP contribution in [-0.2, 0) is 20.7 Å². The topological polar surface area (TPSA) is 84.4 Å². The molecule has 1 N–H and O–H groups in total. The number of carbonyl (C=O) groups excluding carboxylic acids is 2. The Morgan fingerprint density at radius 1 is 1.07 bits per heavy atom. The average molecular weight is 401 g/mol. The highest BCUT2D eigenvalue weighted by atomic mass is 16.5. The molecule has 0 bridgehead atoms. The van der Waals surface area contributed by atoms with E-state index in [4.69, 9.17) is 14.7 Å². The summed E-state index contributed by atoms with van der Waals surface area (Å²) in [5, 5.41) is 3.15. The predicted molar refractivity (Wildman–Crippen MR) is 109 cm³/mol. The summed E-state index contributed by atoms with van der Waals surface area (Å²) >= 11 is 0. The van der Waals surface area contributed by atoms with Crippen molar-refractivity contribution < 1.29 is 14.3 Å². The van der Waals surface area contributed by atoms with Crippen molar-refractivity contribution in [3.8, 4) is 0 Å². The number of hydrogen-bond acceptors (Lipinski definition) is 5. The fraction of sp³-hybridized carbons (Fsp3) is 0.727. The molecule has 7 nitrogen and oxygen atoms in total. The quantitative estimate of drug-likeness (QED) is 0.819. The number of aromatic nitrogens is 2. The zero-order valence-electron chi connectivity index (χ0n) is 17.6. The number of hydrogen-bond donors (Lipinski definition) is 1. The van der Waals surface area contributed by atoms with Crippen LogP contribution >= 0.6 is 0 Å². The zero-order chi connectivity index (χ0) is 20.4. The van der Waals surface area contributed by atoms with Crippen LogP contribution in [0.25, 0.3) is 0 Å². The second-order valence-corrected chi connectivity index (χ2v) is 8.73. The average Bonchev–Trinajstić information content (AvgIpc) is 3.46. The number of carbonyl (C=O) groups is 2. The van der Waals surface area contributed by atoms with Gasteiger partial charge in [-0.2, -0.15) is 0 Å². The molecule has 3 aliphatic rings. The summed E-state index contributed by atoms with van der Waals surface area (Å²) in [4.78, 5) is 36.4. The van der Waals surface area contributed by atoms with Crippen LogP contribution in [0.1, 0.15) is 73.6 Å². The SMILES string of the molecule is Cc1nc(C2CCN(C(=O)C3CCCO3)C2)nc(C)c1CC(=O)NC1CCCC1. The van der Waals surface area contributed by atoms with Gasteiger partial charge in [0, 0.05) is 48.6 Å². The van der Waals surface area contributed by atoms with Gasteiger partial charge in [0.25, 0.3) is 5.91 Å². The van der Waals surface area contributed by atoms with Crippen LogP contribution in [0.2, 0.25) is 0 Å². The minimum absolute atomic E-state index is 0.0636. The first kappa shape index (κ1) is 20.3. The van der Waals surface area contributed by atoms with Gasteiger partial charge in [0.2, 0.25) is 5.91 Å². The molecular weight excluding hydrogens is 368 g/mol. The van der Waals surface area contributed by atoms with E-state index in [-0.39, 0.29) is 23.8 Å². The molecule has 2 amide bonds. The Bertz CT molecular complexity index is 746. The highest BCUT2D eigenvalue weighted by Crippen LogP contribution is 2.28. The molecular formula is C22H32N4O3. The molecule has 0 spiro atoms. The lowest BCUT2D eigenvalue weighted by atomic mass is 10.0. The highest BCUT2D eigenvalue weighted by molar-refractivity contribution is 5.81. The summed E-state index contributed by atoms with van der Waals surface area (Å²) in [6.07, 6.45) is 7.31. The molecule has 0 radical (unpaired) electrons. The first-order chi connectivity index (χ1) is 14.0. The van der Waals surface area contributed by atoms with Gasteiger partial charge >= 0.3 is 0 Å². The smallest absolute Gasteiger partial charge is 0.251 e. The fourth-order valence-electron chi connectivity index (χ4n) is 4.86. The van der Waals surface area contributed by atoms with Crippen LogP contribution in [-0.4, -0.2) is 58.5 Å². The molecule has 2 unspecified atom stereocenters. The second-order valence-electron chi connectivity index (χ2n) is 8.73. The highest BCUT2D eigenvalue weighted by Gasteiger charge is 2.35. The molecule has 1 aromatic heterocycles. The molecule has 29 heavy (non-hydrogen) atoms. The molecule has 1 aliphatic carbocycles. The summed E-state index contributed by atoms with van der Waals surface area (Å²) < 4.78 is 5.55. The van der Waals surface area contributed by atoms with E-state index in [1.165, 1.54) is 12.8 Å². The minimum Gasteiger partial charge on any atom is -0.368 e. The lowest BCUT2D eigenvalue weighted by Gasteiger charge is -2.20. The first-order valence-electron chi connectivity index (χ1n) is 11.0. The van der Waals surface area contributed by atoms with Crippen molar-refractivity contribution in [3.63, 3.8) is 0 Å². The first-order valence-corrected chi connectivity index (χ1v) is 11.0. The Morgan fingerprint density at radius 3 is 2.45 bits per heavy atom. The van der Waals surface area contributed by atoms with Crippen LogP contribution in [0.3, 0.4) is 0 Å². The van der Waals surface area contributed by atoms with E-state index < -0.39 is 0 Å². The standard InChI is InChI=1S/C22H32N4O3/c1-14-18(12-20(27)25-17-6-3-4-7-17)15(2)24-21(23-14)16-9-10-26(13-16)22(28)19-8-5-11-29-19/h16-17,19H,3-13H2,1-2H3,(H,25,27). The number of ether oxygens (including phenoxy) is 1. The van der Waals surface area contributed by atoms with E-state index in [0.29, 0.717) is 25.6 Å². The maximum atomic E-state index is 12.6. The van der Waals surface area contributed by atoms with Gasteiger partial charge in [-0.1, -0.05) is 12.8 Å². The third-order valence-corrected chi connectivity index (χ3v) is 6.57. The summed E-state index contributed by atoms with van der Waals surface area (Å²) in [7, 11) is 0. The Morgan fingerprint density at radius 2 is 1.79 bits per heavy atom. The molecule has 4 rings (SSSR count). The lowest BCUT2D eigenvalue weighted by Crippen LogP contribution is -2.37. The minimum atomic E-state index is -0.265. The molecule has 2 saturated heterocycles. The molecule has 1 aromatic rings. The third-order valence-electron chi connectivity index (χ3n) is 6.57. The maximum absolute atomic E-state index is 12.6. The number of rotatable bonds is 5. The van der Waals surface area contributed by atoms with E-state index >= 15 is 0 Å². The summed E-state index contributed by atoms with van der Waals surface area (Å²) in [5.74, 6) is 1.12. The van der Waals surface area contributed by atoms with Gasteiger partial charge in [-0.05, 0) is 46.0 Å². The number of nitrogens with zero attached hydrogens (tertiary/aromatic N) is 3. The van der Waals surface area contributed by atoms with Crippen LogP contribution in [0, 0.1) is 13.8 Å². The monoisotopic (exact) mass is 400 g/mol. The van der Waals surface area contributed by atoms with Crippen molar-refractivity contribution in [3.05, 3.63) is 22.8 Å². The van der Waals surface area contributed by atoms with Crippen LogP contribution in [0.15, 0.2) is 0 Å². The van der Waals surface area contributed by atoms with E-state index in [2.05, 4.69) is 5.32 Å². The number of nitrogens with one attached hydrogen (secondary N) is 1. The van der Waals surface area contributed by atoms with Crippen LogP contribution < -0.4 is 5.32 Å². The molecule has 2 atom stereocenters. The molecule has 158 valence electrons. The molecule has 7 heteroatoms. The zero-order valence-corrected chi connectivity index (χ0v) is 17.6. The van der Waals surface area contributed by atoms with Gasteiger partial charge in [-0.3, -0.25) is 9.59 Å². The second kappa shape index (κ2) is 8.78. The van der Waals surface area contributed by atoms with Crippen molar-refractivity contribution in [2.45, 2.75) is 83.3 Å². The largest absolute Gasteiger partial charge is 0.368 e.